The molecule has 0 aliphatic rings. The average Bonchev–Trinajstić information content (AvgIpc) is 2.30. The first-order valence-corrected chi connectivity index (χ1v) is 5.87. The molecule has 5 heteroatoms. The van der Waals surface area contributed by atoms with Crippen molar-refractivity contribution in [1.29, 1.82) is 0 Å². The Balaban J connectivity index is 2.14. The van der Waals surface area contributed by atoms with Crippen LogP contribution >= 0.6 is 15.9 Å². The highest BCUT2D eigenvalue weighted by atomic mass is 79.9. The van der Waals surface area contributed by atoms with Crippen molar-refractivity contribution < 1.29 is 17.9 Å². The molecule has 0 aliphatic carbocycles. The Labute approximate surface area is 110 Å². The molecule has 0 saturated carbocycles. The van der Waals surface area contributed by atoms with Crippen LogP contribution in [0.25, 0.3) is 0 Å². The van der Waals surface area contributed by atoms with Gasteiger partial charge in [-0.25, -0.2) is 13.2 Å². The van der Waals surface area contributed by atoms with E-state index in [1.165, 1.54) is 24.3 Å². The summed E-state index contributed by atoms with van der Waals surface area (Å²) >= 11 is 3.11. The van der Waals surface area contributed by atoms with Gasteiger partial charge in [0.15, 0.2) is 11.6 Å². The molecule has 0 aromatic heterocycles. The Morgan fingerprint density at radius 2 is 1.83 bits per heavy atom. The largest absolute Gasteiger partial charge is 0.489 e. The van der Waals surface area contributed by atoms with Gasteiger partial charge in [0.05, 0.1) is 0 Å². The van der Waals surface area contributed by atoms with Crippen molar-refractivity contribution in [3.8, 4) is 5.75 Å². The SMILES string of the molecule is Fc1cc(Br)cc(OCc2cccc(F)c2F)c1. The molecule has 0 fully saturated rings. The molecular weight excluding hydrogens is 309 g/mol. The normalized spacial score (nSPS) is 10.4. The van der Waals surface area contributed by atoms with Gasteiger partial charge < -0.3 is 4.74 Å². The predicted molar refractivity (Wildman–Crippen MR) is 64.8 cm³/mol. The van der Waals surface area contributed by atoms with Crippen molar-refractivity contribution in [3.05, 3.63) is 63.9 Å². The van der Waals surface area contributed by atoms with Crippen LogP contribution in [0.2, 0.25) is 0 Å². The molecule has 18 heavy (non-hydrogen) atoms. The van der Waals surface area contributed by atoms with E-state index < -0.39 is 17.5 Å². The zero-order chi connectivity index (χ0) is 13.1. The molecule has 0 spiro atoms. The summed E-state index contributed by atoms with van der Waals surface area (Å²) in [6.45, 7) is -0.167. The Morgan fingerprint density at radius 1 is 1.06 bits per heavy atom. The fourth-order valence-electron chi connectivity index (χ4n) is 1.43. The van der Waals surface area contributed by atoms with Gasteiger partial charge in [-0.1, -0.05) is 28.1 Å². The van der Waals surface area contributed by atoms with Crippen LogP contribution in [0.15, 0.2) is 40.9 Å². The molecule has 0 saturated heterocycles. The zero-order valence-electron chi connectivity index (χ0n) is 9.09. The van der Waals surface area contributed by atoms with Crippen LogP contribution in [0.3, 0.4) is 0 Å². The van der Waals surface area contributed by atoms with Gasteiger partial charge in [-0.2, -0.15) is 0 Å². The molecule has 0 unspecified atom stereocenters. The summed E-state index contributed by atoms with van der Waals surface area (Å²) < 4.78 is 45.0. The van der Waals surface area contributed by atoms with E-state index in [2.05, 4.69) is 15.9 Å². The second kappa shape index (κ2) is 5.44. The Kier molecular flexibility index (Phi) is 3.91. The molecule has 0 N–H and O–H groups in total. The van der Waals surface area contributed by atoms with Crippen molar-refractivity contribution in [1.82, 2.24) is 0 Å². The first-order valence-electron chi connectivity index (χ1n) is 5.08. The van der Waals surface area contributed by atoms with E-state index in [1.807, 2.05) is 0 Å². The number of halogens is 4. The van der Waals surface area contributed by atoms with Crippen LogP contribution < -0.4 is 4.74 Å². The molecule has 0 radical (unpaired) electrons. The van der Waals surface area contributed by atoms with Crippen LogP contribution in [0, 0.1) is 17.5 Å². The second-order valence-electron chi connectivity index (χ2n) is 3.61. The Bertz CT molecular complexity index is 552. The maximum Gasteiger partial charge on any atom is 0.165 e. The smallest absolute Gasteiger partial charge is 0.165 e. The van der Waals surface area contributed by atoms with Gasteiger partial charge in [-0.15, -0.1) is 0 Å². The van der Waals surface area contributed by atoms with Crippen LogP contribution in [-0.4, -0.2) is 0 Å². The lowest BCUT2D eigenvalue weighted by Gasteiger charge is -2.08. The van der Waals surface area contributed by atoms with Gasteiger partial charge in [-0.05, 0) is 18.2 Å². The fraction of sp³-hybridized carbons (Fsp3) is 0.0769. The van der Waals surface area contributed by atoms with Crippen LogP contribution in [-0.2, 0) is 6.61 Å². The lowest BCUT2D eigenvalue weighted by molar-refractivity contribution is 0.295. The molecule has 94 valence electrons. The number of rotatable bonds is 3. The summed E-state index contributed by atoms with van der Waals surface area (Å²) in [7, 11) is 0. The van der Waals surface area contributed by atoms with Gasteiger partial charge in [0.2, 0.25) is 0 Å². The fourth-order valence-corrected chi connectivity index (χ4v) is 1.88. The van der Waals surface area contributed by atoms with Crippen LogP contribution in [0.5, 0.6) is 5.75 Å². The van der Waals surface area contributed by atoms with Crippen LogP contribution in [0.4, 0.5) is 13.2 Å². The van der Waals surface area contributed by atoms with Crippen molar-refractivity contribution >= 4 is 15.9 Å². The molecule has 2 aromatic carbocycles. The van der Waals surface area contributed by atoms with Gasteiger partial charge >= 0.3 is 0 Å². The average molecular weight is 317 g/mol. The topological polar surface area (TPSA) is 9.23 Å². The summed E-state index contributed by atoms with van der Waals surface area (Å²) in [6, 6.07) is 7.81. The molecule has 0 amide bonds. The Hall–Kier alpha value is -1.49. The highest BCUT2D eigenvalue weighted by Crippen LogP contribution is 2.22. The first-order chi connectivity index (χ1) is 8.56. The van der Waals surface area contributed by atoms with E-state index >= 15 is 0 Å². The first kappa shape index (κ1) is 13.0. The number of benzene rings is 2. The highest BCUT2D eigenvalue weighted by molar-refractivity contribution is 9.10. The van der Waals surface area contributed by atoms with Gasteiger partial charge in [-0.3, -0.25) is 0 Å². The lowest BCUT2D eigenvalue weighted by Crippen LogP contribution is -2.00. The molecule has 0 aliphatic heterocycles. The predicted octanol–water partition coefficient (Wildman–Crippen LogP) is 4.45. The van der Waals surface area contributed by atoms with Gasteiger partial charge in [0, 0.05) is 16.1 Å². The summed E-state index contributed by atoms with van der Waals surface area (Å²) in [5, 5.41) is 0. The van der Waals surface area contributed by atoms with Crippen molar-refractivity contribution in [2.45, 2.75) is 6.61 Å². The summed E-state index contributed by atoms with van der Waals surface area (Å²) in [5.41, 5.74) is 0.0791. The summed E-state index contributed by atoms with van der Waals surface area (Å²) in [4.78, 5) is 0. The molecule has 2 aromatic rings. The van der Waals surface area contributed by atoms with Gasteiger partial charge in [0.1, 0.15) is 18.2 Å². The van der Waals surface area contributed by atoms with Crippen molar-refractivity contribution in [2.75, 3.05) is 0 Å². The third kappa shape index (κ3) is 3.04. The maximum absolute atomic E-state index is 13.3. The minimum Gasteiger partial charge on any atom is -0.489 e. The van der Waals surface area contributed by atoms with Gasteiger partial charge in [0.25, 0.3) is 0 Å². The zero-order valence-corrected chi connectivity index (χ0v) is 10.7. The third-order valence-corrected chi connectivity index (χ3v) is 2.72. The molecule has 0 bridgehead atoms. The van der Waals surface area contributed by atoms with Crippen molar-refractivity contribution in [3.63, 3.8) is 0 Å². The van der Waals surface area contributed by atoms with E-state index in [0.29, 0.717) is 4.47 Å². The second-order valence-corrected chi connectivity index (χ2v) is 4.52. The number of hydrogen-bond acceptors (Lipinski definition) is 1. The molecular formula is C13H8BrF3O. The van der Waals surface area contributed by atoms with E-state index in [1.54, 1.807) is 6.07 Å². The van der Waals surface area contributed by atoms with E-state index in [4.69, 9.17) is 4.74 Å². The summed E-state index contributed by atoms with van der Waals surface area (Å²) in [5.74, 6) is -2.12. The molecule has 0 heterocycles. The highest BCUT2D eigenvalue weighted by Gasteiger charge is 2.08. The monoisotopic (exact) mass is 316 g/mol. The molecule has 2 rings (SSSR count). The molecule has 0 atom stereocenters. The van der Waals surface area contributed by atoms with E-state index in [-0.39, 0.29) is 17.9 Å². The standard InChI is InChI=1S/C13H8BrF3O/c14-9-4-10(15)6-11(5-9)18-7-8-2-1-3-12(16)13(8)17/h1-6H,7H2. The minimum atomic E-state index is -0.951. The maximum atomic E-state index is 13.3. The lowest BCUT2D eigenvalue weighted by atomic mass is 10.2. The quantitative estimate of drug-likeness (QED) is 0.813. The van der Waals surface area contributed by atoms with Crippen molar-refractivity contribution in [2.24, 2.45) is 0 Å². The Morgan fingerprint density at radius 3 is 2.56 bits per heavy atom. The molecule has 1 nitrogen and oxygen atoms in total. The minimum absolute atomic E-state index is 0.0791. The summed E-state index contributed by atoms with van der Waals surface area (Å²) in [6.07, 6.45) is 0. The van der Waals surface area contributed by atoms with Crippen LogP contribution in [0.1, 0.15) is 5.56 Å². The number of hydrogen-bond donors (Lipinski definition) is 0. The van der Waals surface area contributed by atoms with E-state index in [0.717, 1.165) is 6.07 Å². The third-order valence-electron chi connectivity index (χ3n) is 2.26. The van der Waals surface area contributed by atoms with E-state index in [9.17, 15) is 13.2 Å². The number of ether oxygens (including phenoxy) is 1.